The van der Waals surface area contributed by atoms with Crippen molar-refractivity contribution in [1.29, 1.82) is 0 Å². The summed E-state index contributed by atoms with van der Waals surface area (Å²) in [5.41, 5.74) is 5.78. The monoisotopic (exact) mass is 214 g/mol. The molecular formula is C11H22N2O2. The van der Waals surface area contributed by atoms with Crippen LogP contribution in [0, 0.1) is 11.8 Å². The van der Waals surface area contributed by atoms with Crippen LogP contribution in [0.3, 0.4) is 0 Å². The predicted molar refractivity (Wildman–Crippen MR) is 59.2 cm³/mol. The molecule has 0 spiro atoms. The van der Waals surface area contributed by atoms with Crippen LogP contribution >= 0.6 is 0 Å². The molecule has 0 unspecified atom stereocenters. The van der Waals surface area contributed by atoms with E-state index in [2.05, 4.69) is 5.32 Å². The maximum atomic E-state index is 11.6. The highest BCUT2D eigenvalue weighted by Crippen LogP contribution is 2.26. The lowest BCUT2D eigenvalue weighted by molar-refractivity contribution is -0.124. The van der Waals surface area contributed by atoms with Gasteiger partial charge in [-0.15, -0.1) is 0 Å². The first kappa shape index (κ1) is 12.5. The Hall–Kier alpha value is -0.610. The predicted octanol–water partition coefficient (Wildman–Crippen LogP) is 0.247. The van der Waals surface area contributed by atoms with Gasteiger partial charge in [-0.3, -0.25) is 4.79 Å². The van der Waals surface area contributed by atoms with Gasteiger partial charge in [-0.25, -0.2) is 0 Å². The summed E-state index contributed by atoms with van der Waals surface area (Å²) in [5.74, 6) is 0.593. The lowest BCUT2D eigenvalue weighted by Crippen LogP contribution is -2.47. The Morgan fingerprint density at radius 3 is 2.67 bits per heavy atom. The third-order valence-corrected chi connectivity index (χ3v) is 3.34. The molecule has 4 nitrogen and oxygen atoms in total. The van der Waals surface area contributed by atoms with Crippen LogP contribution < -0.4 is 11.1 Å². The van der Waals surface area contributed by atoms with Crippen molar-refractivity contribution >= 4 is 5.91 Å². The number of aliphatic hydroxyl groups is 1. The van der Waals surface area contributed by atoms with E-state index in [0.29, 0.717) is 12.5 Å². The topological polar surface area (TPSA) is 75.4 Å². The second-order valence-corrected chi connectivity index (χ2v) is 4.65. The van der Waals surface area contributed by atoms with Crippen molar-refractivity contribution in [3.05, 3.63) is 0 Å². The van der Waals surface area contributed by atoms with Crippen LogP contribution in [0.25, 0.3) is 0 Å². The van der Waals surface area contributed by atoms with Crippen LogP contribution in [0.4, 0.5) is 0 Å². The molecule has 1 aliphatic rings. The van der Waals surface area contributed by atoms with Crippen LogP contribution in [0.1, 0.15) is 33.1 Å². The summed E-state index contributed by atoms with van der Waals surface area (Å²) >= 11 is 0. The number of hydrogen-bond acceptors (Lipinski definition) is 3. The molecule has 1 fully saturated rings. The number of carbonyl (C=O) groups excluding carboxylic acids is 1. The molecule has 0 radical (unpaired) electrons. The summed E-state index contributed by atoms with van der Waals surface area (Å²) in [4.78, 5) is 11.6. The SMILES string of the molecule is CC[C@H](C)[C@H](N)C(=O)NCC1CC(O)C1. The number of carbonyl (C=O) groups is 1. The Morgan fingerprint density at radius 2 is 2.20 bits per heavy atom. The van der Waals surface area contributed by atoms with E-state index in [-0.39, 0.29) is 17.9 Å². The molecule has 0 saturated heterocycles. The molecule has 0 heterocycles. The lowest BCUT2D eigenvalue weighted by atomic mass is 9.82. The van der Waals surface area contributed by atoms with Gasteiger partial charge >= 0.3 is 0 Å². The van der Waals surface area contributed by atoms with Crippen LogP contribution in [0.5, 0.6) is 0 Å². The smallest absolute Gasteiger partial charge is 0.237 e. The lowest BCUT2D eigenvalue weighted by Gasteiger charge is -2.31. The largest absolute Gasteiger partial charge is 0.393 e. The van der Waals surface area contributed by atoms with E-state index in [1.165, 1.54) is 0 Å². The summed E-state index contributed by atoms with van der Waals surface area (Å²) in [6.45, 7) is 4.66. The molecule has 0 bridgehead atoms. The van der Waals surface area contributed by atoms with E-state index in [1.807, 2.05) is 13.8 Å². The standard InChI is InChI=1S/C11H22N2O2/c1-3-7(2)10(12)11(15)13-6-8-4-9(14)5-8/h7-10,14H,3-6,12H2,1-2H3,(H,13,15)/t7-,8?,9?,10-/m0/s1. The van der Waals surface area contributed by atoms with Crippen molar-refractivity contribution in [2.24, 2.45) is 17.6 Å². The molecule has 0 aromatic rings. The molecule has 1 saturated carbocycles. The minimum atomic E-state index is -0.403. The van der Waals surface area contributed by atoms with E-state index in [9.17, 15) is 4.79 Å². The van der Waals surface area contributed by atoms with Gasteiger partial charge in [-0.2, -0.15) is 0 Å². The molecule has 4 N–H and O–H groups in total. The zero-order valence-corrected chi connectivity index (χ0v) is 9.57. The van der Waals surface area contributed by atoms with Crippen molar-refractivity contribution in [3.63, 3.8) is 0 Å². The third-order valence-electron chi connectivity index (χ3n) is 3.34. The Balaban J connectivity index is 2.18. The minimum absolute atomic E-state index is 0.0641. The second-order valence-electron chi connectivity index (χ2n) is 4.65. The summed E-state index contributed by atoms with van der Waals surface area (Å²) in [5, 5.41) is 11.9. The van der Waals surface area contributed by atoms with Crippen molar-refractivity contribution in [3.8, 4) is 0 Å². The van der Waals surface area contributed by atoms with Gasteiger partial charge in [0, 0.05) is 6.54 Å². The summed E-state index contributed by atoms with van der Waals surface area (Å²) in [7, 11) is 0. The van der Waals surface area contributed by atoms with E-state index in [1.54, 1.807) is 0 Å². The molecule has 0 aliphatic heterocycles. The highest BCUT2D eigenvalue weighted by molar-refractivity contribution is 5.81. The number of aliphatic hydroxyl groups excluding tert-OH is 1. The Kier molecular flexibility index (Phi) is 4.54. The Morgan fingerprint density at radius 1 is 1.60 bits per heavy atom. The van der Waals surface area contributed by atoms with Gasteiger partial charge in [0.15, 0.2) is 0 Å². The first-order chi connectivity index (χ1) is 7.04. The van der Waals surface area contributed by atoms with Crippen molar-refractivity contribution in [2.45, 2.75) is 45.3 Å². The average molecular weight is 214 g/mol. The Labute approximate surface area is 91.2 Å². The highest BCUT2D eigenvalue weighted by Gasteiger charge is 2.28. The van der Waals surface area contributed by atoms with Crippen molar-refractivity contribution in [1.82, 2.24) is 5.32 Å². The number of nitrogens with one attached hydrogen (secondary N) is 1. The fraction of sp³-hybridized carbons (Fsp3) is 0.909. The number of amides is 1. The van der Waals surface area contributed by atoms with E-state index in [4.69, 9.17) is 10.8 Å². The molecule has 1 rings (SSSR count). The van der Waals surface area contributed by atoms with Crippen LogP contribution in [-0.4, -0.2) is 29.7 Å². The van der Waals surface area contributed by atoms with Crippen molar-refractivity contribution in [2.75, 3.05) is 6.54 Å². The second kappa shape index (κ2) is 5.47. The highest BCUT2D eigenvalue weighted by atomic mass is 16.3. The van der Waals surface area contributed by atoms with Gasteiger partial charge in [-0.1, -0.05) is 20.3 Å². The molecule has 0 aromatic heterocycles. The summed E-state index contributed by atoms with van der Waals surface area (Å²) in [6, 6.07) is -0.403. The molecule has 1 aliphatic carbocycles. The van der Waals surface area contributed by atoms with Crippen LogP contribution in [0.2, 0.25) is 0 Å². The maximum absolute atomic E-state index is 11.6. The van der Waals surface area contributed by atoms with Gasteiger partial charge in [0.2, 0.25) is 5.91 Å². The summed E-state index contributed by atoms with van der Waals surface area (Å²) < 4.78 is 0. The number of hydrogen-bond donors (Lipinski definition) is 3. The molecule has 88 valence electrons. The molecule has 15 heavy (non-hydrogen) atoms. The van der Waals surface area contributed by atoms with Crippen LogP contribution in [-0.2, 0) is 4.79 Å². The molecule has 4 heteroatoms. The zero-order chi connectivity index (χ0) is 11.4. The van der Waals surface area contributed by atoms with Crippen molar-refractivity contribution < 1.29 is 9.90 Å². The third kappa shape index (κ3) is 3.47. The molecule has 0 aromatic carbocycles. The van der Waals surface area contributed by atoms with Gasteiger partial charge in [0.25, 0.3) is 0 Å². The first-order valence-electron chi connectivity index (χ1n) is 5.76. The number of rotatable bonds is 5. The first-order valence-corrected chi connectivity index (χ1v) is 5.76. The van der Waals surface area contributed by atoms with Gasteiger partial charge < -0.3 is 16.2 Å². The fourth-order valence-electron chi connectivity index (χ4n) is 1.74. The molecular weight excluding hydrogens is 192 g/mol. The average Bonchev–Trinajstić information content (AvgIpc) is 2.19. The number of nitrogens with two attached hydrogens (primary N) is 1. The Bertz CT molecular complexity index is 215. The van der Waals surface area contributed by atoms with E-state index in [0.717, 1.165) is 19.3 Å². The minimum Gasteiger partial charge on any atom is -0.393 e. The van der Waals surface area contributed by atoms with E-state index >= 15 is 0 Å². The zero-order valence-electron chi connectivity index (χ0n) is 9.57. The molecule has 2 atom stereocenters. The van der Waals surface area contributed by atoms with E-state index < -0.39 is 6.04 Å². The quantitative estimate of drug-likeness (QED) is 0.614. The summed E-state index contributed by atoms with van der Waals surface area (Å²) in [6.07, 6.45) is 2.36. The fourth-order valence-corrected chi connectivity index (χ4v) is 1.74. The maximum Gasteiger partial charge on any atom is 0.237 e. The van der Waals surface area contributed by atoms with Gasteiger partial charge in [0.1, 0.15) is 0 Å². The van der Waals surface area contributed by atoms with Gasteiger partial charge in [-0.05, 0) is 24.7 Å². The van der Waals surface area contributed by atoms with Gasteiger partial charge in [0.05, 0.1) is 12.1 Å². The molecule has 1 amide bonds. The van der Waals surface area contributed by atoms with Crippen LogP contribution in [0.15, 0.2) is 0 Å². The normalized spacial score (nSPS) is 29.1.